The number of rotatable bonds is 3. The second-order valence-electron chi connectivity index (χ2n) is 4.99. The summed E-state index contributed by atoms with van der Waals surface area (Å²) in [6.07, 6.45) is 0.879. The van der Waals surface area contributed by atoms with E-state index in [0.29, 0.717) is 11.4 Å². The van der Waals surface area contributed by atoms with Crippen LogP contribution in [0.5, 0.6) is 5.75 Å². The van der Waals surface area contributed by atoms with Crippen LogP contribution in [0.1, 0.15) is 17.4 Å². The Kier molecular flexibility index (Phi) is 3.32. The number of carboxylic acids is 1. The number of sulfonamides is 1. The van der Waals surface area contributed by atoms with Crippen LogP contribution in [0.25, 0.3) is 0 Å². The van der Waals surface area contributed by atoms with Crippen LogP contribution in [0.15, 0.2) is 41.4 Å². The molecule has 0 amide bonds. The molecular weight excluding hydrogens is 308 g/mol. The van der Waals surface area contributed by atoms with Crippen molar-refractivity contribution < 1.29 is 23.1 Å². The molecule has 1 aliphatic heterocycles. The number of fused-ring (bicyclic) bond motifs is 1. The Morgan fingerprint density at radius 3 is 2.82 bits per heavy atom. The zero-order chi connectivity index (χ0) is 15.9. The molecule has 1 atom stereocenters. The van der Waals surface area contributed by atoms with Crippen LogP contribution in [-0.4, -0.2) is 37.1 Å². The molecule has 0 radical (unpaired) electrons. The fraction of sp³-hybridized carbons (Fsp3) is 0.214. The predicted molar refractivity (Wildman–Crippen MR) is 78.8 cm³/mol. The fourth-order valence-electron chi connectivity index (χ4n) is 2.35. The summed E-state index contributed by atoms with van der Waals surface area (Å²) in [7, 11) is -3.86. The number of nitrogens with zero attached hydrogens (tertiary/aromatic N) is 1. The minimum atomic E-state index is -3.86. The van der Waals surface area contributed by atoms with Crippen molar-refractivity contribution in [2.45, 2.75) is 17.9 Å². The first-order chi connectivity index (χ1) is 10.4. The van der Waals surface area contributed by atoms with E-state index in [-0.39, 0.29) is 23.2 Å². The molecule has 0 fully saturated rings. The molecular formula is C14H14N2O5S. The molecule has 1 aromatic heterocycles. The van der Waals surface area contributed by atoms with Crippen LogP contribution < -0.4 is 9.04 Å². The van der Waals surface area contributed by atoms with Gasteiger partial charge in [0.25, 0.3) is 10.0 Å². The highest BCUT2D eigenvalue weighted by atomic mass is 32.2. The van der Waals surface area contributed by atoms with Crippen LogP contribution >= 0.6 is 0 Å². The largest absolute Gasteiger partial charge is 0.487 e. The van der Waals surface area contributed by atoms with Crippen LogP contribution in [0, 0.1) is 0 Å². The maximum Gasteiger partial charge on any atom is 0.352 e. The summed E-state index contributed by atoms with van der Waals surface area (Å²) in [5.41, 5.74) is 0.270. The minimum absolute atomic E-state index is 0.0891. The van der Waals surface area contributed by atoms with Gasteiger partial charge in [0, 0.05) is 6.20 Å². The molecule has 0 bridgehead atoms. The van der Waals surface area contributed by atoms with Gasteiger partial charge in [0.05, 0.1) is 12.2 Å². The minimum Gasteiger partial charge on any atom is -0.487 e. The third kappa shape index (κ3) is 2.31. The van der Waals surface area contributed by atoms with Crippen molar-refractivity contribution in [3.8, 4) is 5.75 Å². The van der Waals surface area contributed by atoms with E-state index in [2.05, 4.69) is 4.98 Å². The molecule has 2 heterocycles. The van der Waals surface area contributed by atoms with E-state index >= 15 is 0 Å². The molecule has 7 nitrogen and oxygen atoms in total. The van der Waals surface area contributed by atoms with Gasteiger partial charge in [-0.3, -0.25) is 4.31 Å². The number of carbonyl (C=O) groups is 1. The Balaban J connectivity index is 2.07. The van der Waals surface area contributed by atoms with E-state index in [1.54, 1.807) is 31.2 Å². The van der Waals surface area contributed by atoms with Crippen molar-refractivity contribution in [2.24, 2.45) is 0 Å². The number of anilines is 1. The normalized spacial score (nSPS) is 17.7. The predicted octanol–water partition coefficient (Wildman–Crippen LogP) is 1.69. The number of aromatic amines is 1. The summed E-state index contributed by atoms with van der Waals surface area (Å²) in [4.78, 5) is 13.3. The Bertz CT molecular complexity index is 827. The molecule has 2 aromatic rings. The second kappa shape index (κ2) is 5.06. The van der Waals surface area contributed by atoms with Crippen molar-refractivity contribution in [2.75, 3.05) is 10.8 Å². The van der Waals surface area contributed by atoms with Gasteiger partial charge < -0.3 is 14.8 Å². The number of carboxylic acid groups (broad SMARTS) is 1. The van der Waals surface area contributed by atoms with Crippen LogP contribution in [0.3, 0.4) is 0 Å². The number of H-pyrrole nitrogens is 1. The Labute approximate surface area is 127 Å². The topological polar surface area (TPSA) is 99.7 Å². The first-order valence-corrected chi connectivity index (χ1v) is 8.04. The molecule has 1 aliphatic rings. The highest BCUT2D eigenvalue weighted by Gasteiger charge is 2.33. The van der Waals surface area contributed by atoms with E-state index < -0.39 is 16.0 Å². The van der Waals surface area contributed by atoms with Crippen LogP contribution in [0.2, 0.25) is 0 Å². The summed E-state index contributed by atoms with van der Waals surface area (Å²) < 4.78 is 32.4. The van der Waals surface area contributed by atoms with Crippen LogP contribution in [0.4, 0.5) is 5.69 Å². The van der Waals surface area contributed by atoms with Gasteiger partial charge in [-0.1, -0.05) is 12.1 Å². The SMILES string of the molecule is CC1CN(S(=O)(=O)c2c[nH]c(C(=O)O)c2)c2ccccc2O1. The molecule has 8 heteroatoms. The number of para-hydroxylation sites is 2. The van der Waals surface area contributed by atoms with Gasteiger partial charge in [0.2, 0.25) is 0 Å². The van der Waals surface area contributed by atoms with Gasteiger partial charge in [0.15, 0.2) is 0 Å². The number of hydrogen-bond donors (Lipinski definition) is 2. The molecule has 0 aliphatic carbocycles. The molecule has 2 N–H and O–H groups in total. The van der Waals surface area contributed by atoms with E-state index in [9.17, 15) is 13.2 Å². The zero-order valence-corrected chi connectivity index (χ0v) is 12.5. The molecule has 3 rings (SSSR count). The fourth-order valence-corrected chi connectivity index (χ4v) is 3.90. The van der Waals surface area contributed by atoms with Gasteiger partial charge in [0.1, 0.15) is 22.4 Å². The van der Waals surface area contributed by atoms with Gasteiger partial charge in [-0.25, -0.2) is 13.2 Å². The summed E-state index contributed by atoms with van der Waals surface area (Å²) in [6, 6.07) is 7.96. The maximum absolute atomic E-state index is 12.8. The quantitative estimate of drug-likeness (QED) is 0.896. The molecule has 1 aromatic carbocycles. The van der Waals surface area contributed by atoms with E-state index in [4.69, 9.17) is 9.84 Å². The lowest BCUT2D eigenvalue weighted by molar-refractivity contribution is 0.0691. The molecule has 1 unspecified atom stereocenters. The van der Waals surface area contributed by atoms with Crippen molar-refractivity contribution in [3.05, 3.63) is 42.2 Å². The van der Waals surface area contributed by atoms with E-state index in [0.717, 1.165) is 6.07 Å². The number of ether oxygens (including phenoxy) is 1. The van der Waals surface area contributed by atoms with Crippen molar-refractivity contribution in [1.82, 2.24) is 4.98 Å². The Hall–Kier alpha value is -2.48. The van der Waals surface area contributed by atoms with Crippen molar-refractivity contribution in [1.29, 1.82) is 0 Å². The number of benzene rings is 1. The summed E-state index contributed by atoms with van der Waals surface area (Å²) in [6.45, 7) is 1.94. The van der Waals surface area contributed by atoms with E-state index in [1.165, 1.54) is 10.5 Å². The Morgan fingerprint density at radius 1 is 1.41 bits per heavy atom. The first kappa shape index (κ1) is 14.5. The monoisotopic (exact) mass is 322 g/mol. The third-order valence-corrected chi connectivity index (χ3v) is 5.12. The Morgan fingerprint density at radius 2 is 2.14 bits per heavy atom. The highest BCUT2D eigenvalue weighted by molar-refractivity contribution is 7.92. The van der Waals surface area contributed by atoms with Gasteiger partial charge in [-0.05, 0) is 25.1 Å². The lowest BCUT2D eigenvalue weighted by atomic mass is 10.2. The average molecular weight is 322 g/mol. The van der Waals surface area contributed by atoms with Gasteiger partial charge >= 0.3 is 5.97 Å². The summed E-state index contributed by atoms with van der Waals surface area (Å²) in [5.74, 6) is -0.726. The smallest absolute Gasteiger partial charge is 0.352 e. The number of hydrogen-bond acceptors (Lipinski definition) is 4. The maximum atomic E-state index is 12.8. The van der Waals surface area contributed by atoms with Gasteiger partial charge in [-0.2, -0.15) is 0 Å². The summed E-state index contributed by atoms with van der Waals surface area (Å²) >= 11 is 0. The van der Waals surface area contributed by atoms with Crippen molar-refractivity contribution >= 4 is 21.7 Å². The van der Waals surface area contributed by atoms with E-state index in [1.807, 2.05) is 0 Å². The second-order valence-corrected chi connectivity index (χ2v) is 6.85. The lowest BCUT2D eigenvalue weighted by Crippen LogP contribution is -2.42. The molecule has 0 spiro atoms. The number of aromatic nitrogens is 1. The molecule has 0 saturated heterocycles. The average Bonchev–Trinajstić information content (AvgIpc) is 2.97. The van der Waals surface area contributed by atoms with Gasteiger partial charge in [-0.15, -0.1) is 0 Å². The zero-order valence-electron chi connectivity index (χ0n) is 11.7. The molecule has 22 heavy (non-hydrogen) atoms. The molecule has 0 saturated carbocycles. The number of aromatic carboxylic acids is 1. The van der Waals surface area contributed by atoms with Crippen LogP contribution in [-0.2, 0) is 10.0 Å². The standard InChI is InChI=1S/C14H14N2O5S/c1-9-8-16(12-4-2-3-5-13(12)21-9)22(19,20)10-6-11(14(17)18)15-7-10/h2-7,9,15H,8H2,1H3,(H,17,18). The summed E-state index contributed by atoms with van der Waals surface area (Å²) in [5, 5.41) is 8.91. The van der Waals surface area contributed by atoms with Crippen molar-refractivity contribution in [3.63, 3.8) is 0 Å². The lowest BCUT2D eigenvalue weighted by Gasteiger charge is -2.33. The third-order valence-electron chi connectivity index (χ3n) is 3.36. The number of nitrogens with one attached hydrogen (secondary N) is 1. The molecule has 116 valence electrons. The first-order valence-electron chi connectivity index (χ1n) is 6.60. The highest BCUT2D eigenvalue weighted by Crippen LogP contribution is 2.36.